The van der Waals surface area contributed by atoms with E-state index in [1.807, 2.05) is 39.4 Å². The van der Waals surface area contributed by atoms with Crippen molar-refractivity contribution in [2.75, 3.05) is 29.9 Å². The van der Waals surface area contributed by atoms with Gasteiger partial charge in [0, 0.05) is 67.3 Å². The molecule has 1 aliphatic heterocycles. The van der Waals surface area contributed by atoms with Crippen molar-refractivity contribution in [2.24, 2.45) is 5.92 Å². The summed E-state index contributed by atoms with van der Waals surface area (Å²) in [5.41, 5.74) is 1.45. The van der Waals surface area contributed by atoms with E-state index in [2.05, 4.69) is 14.9 Å². The van der Waals surface area contributed by atoms with Gasteiger partial charge < -0.3 is 14.6 Å². The molecule has 2 atom stereocenters. The van der Waals surface area contributed by atoms with Gasteiger partial charge in [-0.05, 0) is 31.2 Å². The first kappa shape index (κ1) is 29.7. The minimum atomic E-state index is -0.318. The van der Waals surface area contributed by atoms with Gasteiger partial charge in [-0.3, -0.25) is 18.7 Å². The zero-order valence-electron chi connectivity index (χ0n) is 23.9. The number of fused-ring (bicyclic) bond motifs is 2. The molecule has 45 heavy (non-hydrogen) atoms. The van der Waals surface area contributed by atoms with Gasteiger partial charge in [-0.15, -0.1) is 22.7 Å². The summed E-state index contributed by atoms with van der Waals surface area (Å²) in [6.07, 6.45) is 8.11. The first-order valence-corrected chi connectivity index (χ1v) is 15.4. The van der Waals surface area contributed by atoms with Crippen molar-refractivity contribution >= 4 is 68.8 Å². The number of nitrogens with zero attached hydrogens (tertiary/aromatic N) is 8. The van der Waals surface area contributed by atoms with Crippen LogP contribution in [0.3, 0.4) is 0 Å². The molecule has 0 N–H and O–H groups in total. The van der Waals surface area contributed by atoms with E-state index in [0.29, 0.717) is 57.5 Å². The average molecular weight is 641 g/mol. The van der Waals surface area contributed by atoms with Crippen molar-refractivity contribution in [2.45, 2.75) is 13.0 Å². The number of aromatic nitrogens is 6. The summed E-state index contributed by atoms with van der Waals surface area (Å²) in [5.74, 6) is 0.987. The number of likely N-dealkylation sites (N-methyl/N-ethyl adjacent to an activating group) is 1. The Hall–Kier alpha value is -5.37. The van der Waals surface area contributed by atoms with E-state index in [9.17, 15) is 14.4 Å². The number of hydrogen-bond acceptors (Lipinski definition) is 13. The zero-order chi connectivity index (χ0) is 31.7. The normalized spacial score (nSPS) is 15.9. The molecule has 0 bridgehead atoms. The second-order valence-electron chi connectivity index (χ2n) is 10.2. The Bertz CT molecular complexity index is 2170. The molecule has 7 rings (SSSR count). The maximum absolute atomic E-state index is 12.9. The van der Waals surface area contributed by atoms with Crippen LogP contribution in [0.25, 0.3) is 32.3 Å². The first-order valence-electron chi connectivity index (χ1n) is 13.6. The summed E-state index contributed by atoms with van der Waals surface area (Å²) < 4.78 is 3.65. The van der Waals surface area contributed by atoms with Gasteiger partial charge in [-0.2, -0.15) is 9.59 Å². The van der Waals surface area contributed by atoms with E-state index in [1.54, 1.807) is 48.4 Å². The van der Waals surface area contributed by atoms with Crippen LogP contribution in [0.5, 0.6) is 0 Å². The molecule has 1 aliphatic rings. The molecule has 13 nitrogen and oxygen atoms in total. The van der Waals surface area contributed by atoms with Gasteiger partial charge in [0.1, 0.15) is 17.9 Å². The number of hydrogen-bond donors (Lipinski definition) is 0. The van der Waals surface area contributed by atoms with E-state index in [4.69, 9.17) is 19.6 Å². The maximum Gasteiger partial charge on any atom is 0.373 e. The van der Waals surface area contributed by atoms with Crippen LogP contribution in [0, 0.1) is 12.8 Å². The van der Waals surface area contributed by atoms with E-state index < -0.39 is 0 Å². The van der Waals surface area contributed by atoms with Crippen molar-refractivity contribution in [1.29, 1.82) is 0 Å². The summed E-state index contributed by atoms with van der Waals surface area (Å²) in [5, 5.41) is 6.18. The zero-order valence-corrected chi connectivity index (χ0v) is 25.6. The molecule has 15 heteroatoms. The highest BCUT2D eigenvalue weighted by Crippen LogP contribution is 2.30. The summed E-state index contributed by atoms with van der Waals surface area (Å²) in [7, 11) is 1.91. The van der Waals surface area contributed by atoms with E-state index >= 15 is 0 Å². The molecule has 0 spiro atoms. The molecule has 1 saturated heterocycles. The van der Waals surface area contributed by atoms with Crippen LogP contribution in [0.4, 0.5) is 11.6 Å². The Morgan fingerprint density at radius 1 is 0.911 bits per heavy atom. The fraction of sp³-hybridized carbons (Fsp3) is 0.200. The second-order valence-corrected chi connectivity index (χ2v) is 12.0. The van der Waals surface area contributed by atoms with Gasteiger partial charge in [0.2, 0.25) is 0 Å². The minimum absolute atomic E-state index is 0.0692. The van der Waals surface area contributed by atoms with Crippen LogP contribution in [0.2, 0.25) is 0 Å². The third-order valence-electron chi connectivity index (χ3n) is 7.68. The van der Waals surface area contributed by atoms with E-state index in [1.165, 1.54) is 28.7 Å². The van der Waals surface area contributed by atoms with Gasteiger partial charge in [0.25, 0.3) is 0 Å². The summed E-state index contributed by atoms with van der Waals surface area (Å²) in [6.45, 7) is 2.76. The number of pyridine rings is 4. The monoisotopic (exact) mass is 640 g/mol. The molecule has 226 valence electrons. The Labute approximate surface area is 262 Å². The van der Waals surface area contributed by atoms with Crippen LogP contribution in [0.15, 0.2) is 75.5 Å². The lowest BCUT2D eigenvalue weighted by atomic mass is 10.0. The predicted molar refractivity (Wildman–Crippen MR) is 170 cm³/mol. The Morgan fingerprint density at radius 2 is 1.58 bits per heavy atom. The standard InChI is InChI=1S/C29H24N8O3S2.CO2/c1-17-13-37(29-31-9-12-42-29)27-20(25(17)40)4-6-24(33-27)35-14-18(16-38)21(15-35)34(2)23-5-3-19-22(39)7-10-36(26(19)32-23)28-30-8-11-41-28;2-1-3/h3-13,16,18,21H,14-15H2,1-2H3;/t18-,21+;/m1./s1. The lowest BCUT2D eigenvalue weighted by molar-refractivity contribution is -0.191. The fourth-order valence-corrected chi connectivity index (χ4v) is 6.74. The molecule has 0 aromatic carbocycles. The average Bonchev–Trinajstić information content (AvgIpc) is 3.85. The maximum atomic E-state index is 12.9. The highest BCUT2D eigenvalue weighted by Gasteiger charge is 2.37. The highest BCUT2D eigenvalue weighted by molar-refractivity contribution is 7.12. The number of aryl methyl sites for hydroxylation is 1. The smallest absolute Gasteiger partial charge is 0.354 e. The van der Waals surface area contributed by atoms with Gasteiger partial charge in [-0.25, -0.2) is 19.9 Å². The molecule has 0 radical (unpaired) electrons. The van der Waals surface area contributed by atoms with Gasteiger partial charge in [0.05, 0.1) is 22.7 Å². The molecule has 1 fully saturated rings. The summed E-state index contributed by atoms with van der Waals surface area (Å²) in [6, 6.07) is 8.52. The molecule has 6 aromatic rings. The molecule has 6 aromatic heterocycles. The molecule has 0 saturated carbocycles. The Kier molecular flexibility index (Phi) is 8.13. The predicted octanol–water partition coefficient (Wildman–Crippen LogP) is 2.86. The summed E-state index contributed by atoms with van der Waals surface area (Å²) in [4.78, 5) is 76.7. The number of thiazole rings is 2. The molecule has 7 heterocycles. The fourth-order valence-electron chi connectivity index (χ4n) is 5.50. The number of rotatable bonds is 6. The Balaban J connectivity index is 0.00000115. The first-order chi connectivity index (χ1) is 21.8. The third kappa shape index (κ3) is 5.44. The summed E-state index contributed by atoms with van der Waals surface area (Å²) >= 11 is 2.91. The van der Waals surface area contributed by atoms with Crippen LogP contribution < -0.4 is 20.7 Å². The minimum Gasteiger partial charge on any atom is -0.354 e. The van der Waals surface area contributed by atoms with Crippen molar-refractivity contribution in [1.82, 2.24) is 29.1 Å². The van der Waals surface area contributed by atoms with Crippen molar-refractivity contribution in [3.63, 3.8) is 0 Å². The SMILES string of the molecule is Cc1cn(-c2nccs2)c2nc(N3C[C@H](C=O)[C@@H](N(C)c4ccc5c(=O)ccn(-c6nccs6)c5n4)C3)ccc2c1=O.O=C=O. The van der Waals surface area contributed by atoms with Crippen LogP contribution >= 0.6 is 22.7 Å². The lowest BCUT2D eigenvalue weighted by Crippen LogP contribution is -2.39. The third-order valence-corrected chi connectivity index (χ3v) is 9.23. The quantitative estimate of drug-likeness (QED) is 0.247. The number of carbonyl (C=O) groups is 1. The van der Waals surface area contributed by atoms with Gasteiger partial charge in [-0.1, -0.05) is 0 Å². The van der Waals surface area contributed by atoms with Crippen molar-refractivity contribution < 1.29 is 14.4 Å². The largest absolute Gasteiger partial charge is 0.373 e. The second kappa shape index (κ2) is 12.3. The van der Waals surface area contributed by atoms with Gasteiger partial charge in [0.15, 0.2) is 32.4 Å². The molecular formula is C30H24N8O5S2. The molecule has 0 unspecified atom stereocenters. The van der Waals surface area contributed by atoms with E-state index in [-0.39, 0.29) is 29.0 Å². The number of anilines is 2. The Morgan fingerprint density at radius 3 is 2.24 bits per heavy atom. The topological polar surface area (TPSA) is 153 Å². The van der Waals surface area contributed by atoms with Crippen molar-refractivity contribution in [3.8, 4) is 10.3 Å². The van der Waals surface area contributed by atoms with Crippen LogP contribution in [-0.4, -0.2) is 67.7 Å². The van der Waals surface area contributed by atoms with Crippen LogP contribution in [0.1, 0.15) is 5.56 Å². The van der Waals surface area contributed by atoms with E-state index in [0.717, 1.165) is 11.4 Å². The number of aldehydes is 1. The van der Waals surface area contributed by atoms with Crippen molar-refractivity contribution in [3.05, 3.63) is 91.9 Å². The molecule has 0 amide bonds. The number of carbonyl (C=O) groups excluding carboxylic acids is 3. The van der Waals surface area contributed by atoms with Crippen LogP contribution in [-0.2, 0) is 14.4 Å². The highest BCUT2D eigenvalue weighted by atomic mass is 32.1. The molecular weight excluding hydrogens is 617 g/mol. The van der Waals surface area contributed by atoms with Gasteiger partial charge >= 0.3 is 6.15 Å². The lowest BCUT2D eigenvalue weighted by Gasteiger charge is -2.28. The molecule has 0 aliphatic carbocycles.